The number of benzene rings is 1. The number of aromatic nitrogens is 1. The Bertz CT molecular complexity index is 429. The lowest BCUT2D eigenvalue weighted by molar-refractivity contribution is 0.424. The van der Waals surface area contributed by atoms with Crippen LogP contribution in [-0.2, 0) is 6.42 Å². The van der Waals surface area contributed by atoms with Crippen LogP contribution in [0.5, 0.6) is 0 Å². The van der Waals surface area contributed by atoms with E-state index in [0.717, 1.165) is 11.9 Å². The first kappa shape index (κ1) is 11.6. The van der Waals surface area contributed by atoms with Crippen molar-refractivity contribution in [2.45, 2.75) is 26.3 Å². The Balaban J connectivity index is 2.20. The molecule has 3 heteroatoms. The average Bonchev–Trinajstić information content (AvgIpc) is 2.67. The molecule has 0 aliphatic rings. The number of hydrogen-bond acceptors (Lipinski definition) is 3. The highest BCUT2D eigenvalue weighted by Crippen LogP contribution is 2.23. The predicted octanol–water partition coefficient (Wildman–Crippen LogP) is 3.08. The second-order valence-corrected chi connectivity index (χ2v) is 5.53. The van der Waals surface area contributed by atoms with Gasteiger partial charge in [0.25, 0.3) is 0 Å². The van der Waals surface area contributed by atoms with Crippen LogP contribution in [0.4, 0.5) is 0 Å². The molecule has 86 valence electrons. The molecular formula is C13H18N2S. The summed E-state index contributed by atoms with van der Waals surface area (Å²) in [4.78, 5) is 4.66. The molecule has 0 amide bonds. The van der Waals surface area contributed by atoms with Crippen molar-refractivity contribution in [3.8, 4) is 0 Å². The van der Waals surface area contributed by atoms with Crippen LogP contribution in [0.1, 0.15) is 18.9 Å². The number of thiazole rings is 1. The van der Waals surface area contributed by atoms with E-state index in [-0.39, 0.29) is 0 Å². The van der Waals surface area contributed by atoms with Gasteiger partial charge in [0.15, 0.2) is 0 Å². The lowest BCUT2D eigenvalue weighted by atomic mass is 10.0. The third kappa shape index (κ3) is 2.42. The number of rotatable bonds is 4. The SMILES string of the molecule is CNC(Cc1nc2ccccc2s1)C(C)C. The Morgan fingerprint density at radius 3 is 2.69 bits per heavy atom. The monoisotopic (exact) mass is 234 g/mol. The fourth-order valence-electron chi connectivity index (χ4n) is 1.87. The standard InChI is InChI=1S/C13H18N2S/c1-9(2)11(14-3)8-13-15-10-6-4-5-7-12(10)16-13/h4-7,9,11,14H,8H2,1-3H3. The van der Waals surface area contributed by atoms with Gasteiger partial charge in [0, 0.05) is 12.5 Å². The number of hydrogen-bond donors (Lipinski definition) is 1. The maximum Gasteiger partial charge on any atom is 0.0954 e. The molecule has 2 nitrogen and oxygen atoms in total. The maximum absolute atomic E-state index is 4.66. The molecule has 1 N–H and O–H groups in total. The summed E-state index contributed by atoms with van der Waals surface area (Å²) in [7, 11) is 2.03. The van der Waals surface area contributed by atoms with Crippen LogP contribution in [0.2, 0.25) is 0 Å². The van der Waals surface area contributed by atoms with E-state index in [0.29, 0.717) is 12.0 Å². The van der Waals surface area contributed by atoms with Gasteiger partial charge in [0.2, 0.25) is 0 Å². The molecule has 0 fully saturated rings. The highest BCUT2D eigenvalue weighted by Gasteiger charge is 2.14. The van der Waals surface area contributed by atoms with Crippen molar-refractivity contribution >= 4 is 21.6 Å². The zero-order valence-electron chi connectivity index (χ0n) is 10.0. The summed E-state index contributed by atoms with van der Waals surface area (Å²) in [5, 5.41) is 4.59. The fraction of sp³-hybridized carbons (Fsp3) is 0.462. The minimum atomic E-state index is 0.514. The van der Waals surface area contributed by atoms with Crippen LogP contribution < -0.4 is 5.32 Å². The van der Waals surface area contributed by atoms with Gasteiger partial charge in [-0.05, 0) is 25.1 Å². The topological polar surface area (TPSA) is 24.9 Å². The van der Waals surface area contributed by atoms with Gasteiger partial charge < -0.3 is 5.32 Å². The van der Waals surface area contributed by atoms with Gasteiger partial charge in [-0.3, -0.25) is 0 Å². The lowest BCUT2D eigenvalue weighted by Crippen LogP contribution is -2.32. The van der Waals surface area contributed by atoms with E-state index in [4.69, 9.17) is 0 Å². The van der Waals surface area contributed by atoms with E-state index < -0.39 is 0 Å². The largest absolute Gasteiger partial charge is 0.316 e. The van der Waals surface area contributed by atoms with Crippen LogP contribution in [0.3, 0.4) is 0 Å². The molecule has 1 unspecified atom stereocenters. The first-order valence-corrected chi connectivity index (χ1v) is 6.54. The normalized spacial score (nSPS) is 13.5. The molecule has 0 spiro atoms. The molecule has 1 heterocycles. The number of likely N-dealkylation sites (N-methyl/N-ethyl adjacent to an activating group) is 1. The Labute approximate surface area is 101 Å². The molecular weight excluding hydrogens is 216 g/mol. The molecule has 0 bridgehead atoms. The van der Waals surface area contributed by atoms with Crippen molar-refractivity contribution in [2.75, 3.05) is 7.05 Å². The number of nitrogens with one attached hydrogen (secondary N) is 1. The molecule has 0 saturated carbocycles. The third-order valence-corrected chi connectivity index (χ3v) is 3.97. The van der Waals surface area contributed by atoms with Crippen molar-refractivity contribution in [3.63, 3.8) is 0 Å². The van der Waals surface area contributed by atoms with Gasteiger partial charge in [0.05, 0.1) is 15.2 Å². The summed E-state index contributed by atoms with van der Waals surface area (Å²) in [6, 6.07) is 8.85. The quantitative estimate of drug-likeness (QED) is 0.879. The molecule has 1 aromatic heterocycles. The number of fused-ring (bicyclic) bond motifs is 1. The second-order valence-electron chi connectivity index (χ2n) is 4.42. The van der Waals surface area contributed by atoms with E-state index >= 15 is 0 Å². The van der Waals surface area contributed by atoms with E-state index in [2.05, 4.69) is 42.3 Å². The van der Waals surface area contributed by atoms with Crippen molar-refractivity contribution in [3.05, 3.63) is 29.3 Å². The van der Waals surface area contributed by atoms with E-state index in [1.807, 2.05) is 24.5 Å². The van der Waals surface area contributed by atoms with Crippen molar-refractivity contribution in [2.24, 2.45) is 5.92 Å². The van der Waals surface area contributed by atoms with Gasteiger partial charge in [0.1, 0.15) is 0 Å². The van der Waals surface area contributed by atoms with E-state index in [9.17, 15) is 0 Å². The molecule has 0 saturated heterocycles. The second kappa shape index (κ2) is 4.93. The molecule has 1 atom stereocenters. The Hall–Kier alpha value is -0.930. The van der Waals surface area contributed by atoms with E-state index in [1.165, 1.54) is 9.71 Å². The summed E-state index contributed by atoms with van der Waals surface area (Å²) in [5.41, 5.74) is 1.13. The summed E-state index contributed by atoms with van der Waals surface area (Å²) < 4.78 is 1.29. The van der Waals surface area contributed by atoms with Gasteiger partial charge in [-0.1, -0.05) is 26.0 Å². The molecule has 0 aliphatic carbocycles. The number of nitrogens with zero attached hydrogens (tertiary/aromatic N) is 1. The molecule has 2 aromatic rings. The molecule has 0 aliphatic heterocycles. The first-order chi connectivity index (χ1) is 7.70. The highest BCUT2D eigenvalue weighted by molar-refractivity contribution is 7.18. The minimum Gasteiger partial charge on any atom is -0.316 e. The van der Waals surface area contributed by atoms with Gasteiger partial charge >= 0.3 is 0 Å². The fourth-order valence-corrected chi connectivity index (χ4v) is 2.89. The van der Waals surface area contributed by atoms with Crippen LogP contribution >= 0.6 is 11.3 Å². The Morgan fingerprint density at radius 1 is 1.31 bits per heavy atom. The Kier molecular flexibility index (Phi) is 3.56. The van der Waals surface area contributed by atoms with Gasteiger partial charge in [-0.2, -0.15) is 0 Å². The molecule has 16 heavy (non-hydrogen) atoms. The maximum atomic E-state index is 4.66. The molecule has 0 radical (unpaired) electrons. The lowest BCUT2D eigenvalue weighted by Gasteiger charge is -2.18. The summed E-state index contributed by atoms with van der Waals surface area (Å²) in [6.45, 7) is 4.49. The van der Waals surface area contributed by atoms with E-state index in [1.54, 1.807) is 0 Å². The summed E-state index contributed by atoms with van der Waals surface area (Å²) in [5.74, 6) is 0.636. The molecule has 1 aromatic carbocycles. The average molecular weight is 234 g/mol. The van der Waals surface area contributed by atoms with Crippen LogP contribution in [0.25, 0.3) is 10.2 Å². The van der Waals surface area contributed by atoms with Crippen LogP contribution in [-0.4, -0.2) is 18.1 Å². The van der Waals surface area contributed by atoms with Crippen molar-refractivity contribution < 1.29 is 0 Å². The van der Waals surface area contributed by atoms with Gasteiger partial charge in [-0.15, -0.1) is 11.3 Å². The zero-order chi connectivity index (χ0) is 11.5. The van der Waals surface area contributed by atoms with Crippen LogP contribution in [0, 0.1) is 5.92 Å². The molecule has 2 rings (SSSR count). The third-order valence-electron chi connectivity index (χ3n) is 2.91. The van der Waals surface area contributed by atoms with Crippen molar-refractivity contribution in [1.82, 2.24) is 10.3 Å². The summed E-state index contributed by atoms with van der Waals surface area (Å²) >= 11 is 1.81. The highest BCUT2D eigenvalue weighted by atomic mass is 32.1. The van der Waals surface area contributed by atoms with Gasteiger partial charge in [-0.25, -0.2) is 4.98 Å². The Morgan fingerprint density at radius 2 is 2.06 bits per heavy atom. The smallest absolute Gasteiger partial charge is 0.0954 e. The van der Waals surface area contributed by atoms with Crippen LogP contribution in [0.15, 0.2) is 24.3 Å². The minimum absolute atomic E-state index is 0.514. The van der Waals surface area contributed by atoms with Crippen molar-refractivity contribution in [1.29, 1.82) is 0 Å². The summed E-state index contributed by atoms with van der Waals surface area (Å²) in [6.07, 6.45) is 1.02. The zero-order valence-corrected chi connectivity index (χ0v) is 10.8. The number of para-hydroxylation sites is 1. The first-order valence-electron chi connectivity index (χ1n) is 5.72. The predicted molar refractivity (Wildman–Crippen MR) is 71.0 cm³/mol.